The number of likely N-dealkylation sites (N-methyl/N-ethyl adjacent to an activating group) is 1. The number of nitrogens with two attached hydrogens (primary N) is 1. The average molecular weight is 256 g/mol. The van der Waals surface area contributed by atoms with E-state index in [1.165, 1.54) is 0 Å². The van der Waals surface area contributed by atoms with Gasteiger partial charge in [-0.25, -0.2) is 0 Å². The van der Waals surface area contributed by atoms with E-state index >= 15 is 0 Å². The molecule has 6 nitrogen and oxygen atoms in total. The van der Waals surface area contributed by atoms with Gasteiger partial charge in [-0.3, -0.25) is 14.5 Å². The Hall–Kier alpha value is -1.14. The predicted molar refractivity (Wildman–Crippen MR) is 70.0 cm³/mol. The molecule has 0 aromatic carbocycles. The first-order valence-corrected chi connectivity index (χ1v) is 6.46. The summed E-state index contributed by atoms with van der Waals surface area (Å²) in [7, 11) is 1.81. The van der Waals surface area contributed by atoms with Crippen LogP contribution in [-0.4, -0.2) is 79.4 Å². The topological polar surface area (TPSA) is 69.9 Å². The first-order chi connectivity index (χ1) is 8.54. The highest BCUT2D eigenvalue weighted by molar-refractivity contribution is 5.78. The number of amides is 2. The highest BCUT2D eigenvalue weighted by atomic mass is 16.2. The number of carbonyl (C=O) groups excluding carboxylic acids is 2. The molecular weight excluding hydrogens is 232 g/mol. The van der Waals surface area contributed by atoms with Crippen LogP contribution in [-0.2, 0) is 9.59 Å². The van der Waals surface area contributed by atoms with Crippen molar-refractivity contribution in [3.63, 3.8) is 0 Å². The maximum atomic E-state index is 11.9. The van der Waals surface area contributed by atoms with Crippen molar-refractivity contribution in [3.8, 4) is 0 Å². The van der Waals surface area contributed by atoms with Gasteiger partial charge in [0.1, 0.15) is 0 Å². The summed E-state index contributed by atoms with van der Waals surface area (Å²) in [4.78, 5) is 28.7. The zero-order valence-electron chi connectivity index (χ0n) is 11.4. The van der Waals surface area contributed by atoms with Crippen molar-refractivity contribution >= 4 is 11.8 Å². The predicted octanol–water partition coefficient (Wildman–Crippen LogP) is -1.04. The largest absolute Gasteiger partial charge is 0.345 e. The molecule has 0 unspecified atom stereocenters. The minimum atomic E-state index is 0.112. The monoisotopic (exact) mass is 256 g/mol. The van der Waals surface area contributed by atoms with E-state index < -0.39 is 0 Å². The minimum Gasteiger partial charge on any atom is -0.345 e. The maximum absolute atomic E-state index is 11.9. The van der Waals surface area contributed by atoms with E-state index in [2.05, 4.69) is 4.90 Å². The second-order valence-electron chi connectivity index (χ2n) is 4.74. The molecule has 2 amide bonds. The molecule has 1 aliphatic heterocycles. The molecule has 0 saturated carbocycles. The molecule has 0 bridgehead atoms. The third kappa shape index (κ3) is 4.62. The van der Waals surface area contributed by atoms with Gasteiger partial charge in [0, 0.05) is 46.7 Å². The van der Waals surface area contributed by atoms with Crippen LogP contribution in [0, 0.1) is 0 Å². The Balaban J connectivity index is 2.27. The van der Waals surface area contributed by atoms with Crippen molar-refractivity contribution in [2.75, 3.05) is 52.9 Å². The van der Waals surface area contributed by atoms with E-state index in [-0.39, 0.29) is 11.8 Å². The Morgan fingerprint density at radius 3 is 2.33 bits per heavy atom. The van der Waals surface area contributed by atoms with E-state index in [0.29, 0.717) is 19.6 Å². The lowest BCUT2D eigenvalue weighted by Crippen LogP contribution is -2.50. The fourth-order valence-electron chi connectivity index (χ4n) is 1.99. The van der Waals surface area contributed by atoms with Crippen LogP contribution in [0.4, 0.5) is 0 Å². The van der Waals surface area contributed by atoms with Crippen molar-refractivity contribution in [3.05, 3.63) is 0 Å². The van der Waals surface area contributed by atoms with Gasteiger partial charge in [-0.1, -0.05) is 0 Å². The molecule has 1 rings (SSSR count). The maximum Gasteiger partial charge on any atom is 0.236 e. The third-order valence-corrected chi connectivity index (χ3v) is 3.30. The van der Waals surface area contributed by atoms with Gasteiger partial charge in [-0.15, -0.1) is 0 Å². The van der Waals surface area contributed by atoms with Crippen LogP contribution in [0.2, 0.25) is 0 Å². The van der Waals surface area contributed by atoms with E-state index in [1.807, 2.05) is 11.9 Å². The summed E-state index contributed by atoms with van der Waals surface area (Å²) < 4.78 is 0. The molecule has 1 saturated heterocycles. The Kier molecular flexibility index (Phi) is 6.07. The molecule has 1 heterocycles. The first kappa shape index (κ1) is 14.9. The molecule has 0 spiro atoms. The fourth-order valence-corrected chi connectivity index (χ4v) is 1.99. The van der Waals surface area contributed by atoms with E-state index in [9.17, 15) is 9.59 Å². The zero-order valence-corrected chi connectivity index (χ0v) is 11.4. The molecule has 104 valence electrons. The highest BCUT2D eigenvalue weighted by Crippen LogP contribution is 2.02. The molecule has 0 aliphatic carbocycles. The van der Waals surface area contributed by atoms with Gasteiger partial charge < -0.3 is 15.5 Å². The number of hydrogen-bond acceptors (Lipinski definition) is 4. The Labute approximate surface area is 109 Å². The number of rotatable bonds is 5. The van der Waals surface area contributed by atoms with Crippen LogP contribution in [0.1, 0.15) is 13.3 Å². The zero-order chi connectivity index (χ0) is 13.5. The van der Waals surface area contributed by atoms with E-state index in [1.54, 1.807) is 11.8 Å². The van der Waals surface area contributed by atoms with Gasteiger partial charge in [0.05, 0.1) is 6.54 Å². The molecule has 2 N–H and O–H groups in total. The van der Waals surface area contributed by atoms with Crippen LogP contribution in [0.15, 0.2) is 0 Å². The number of carbonyl (C=O) groups is 2. The quantitative estimate of drug-likeness (QED) is 0.682. The van der Waals surface area contributed by atoms with Gasteiger partial charge in [-0.2, -0.15) is 0 Å². The average Bonchev–Trinajstić information content (AvgIpc) is 2.36. The van der Waals surface area contributed by atoms with Crippen molar-refractivity contribution in [1.29, 1.82) is 0 Å². The molecule has 0 radical (unpaired) electrons. The third-order valence-electron chi connectivity index (χ3n) is 3.30. The SMILES string of the molecule is CC(=O)N1CCN(CC(=O)N(C)CCCN)CC1. The van der Waals surface area contributed by atoms with Gasteiger partial charge in [0.15, 0.2) is 0 Å². The molecule has 0 aromatic heterocycles. The minimum absolute atomic E-state index is 0.112. The number of piperazine rings is 1. The van der Waals surface area contributed by atoms with Gasteiger partial charge in [-0.05, 0) is 13.0 Å². The summed E-state index contributed by atoms with van der Waals surface area (Å²) in [6.45, 7) is 6.32. The number of hydrogen-bond donors (Lipinski definition) is 1. The van der Waals surface area contributed by atoms with Gasteiger partial charge >= 0.3 is 0 Å². The summed E-state index contributed by atoms with van der Waals surface area (Å²) in [6.07, 6.45) is 0.834. The molecule has 1 aliphatic rings. The van der Waals surface area contributed by atoms with Crippen LogP contribution in [0.3, 0.4) is 0 Å². The molecular formula is C12H24N4O2. The highest BCUT2D eigenvalue weighted by Gasteiger charge is 2.21. The Morgan fingerprint density at radius 2 is 1.83 bits per heavy atom. The summed E-state index contributed by atoms with van der Waals surface area (Å²) in [5.41, 5.74) is 5.42. The molecule has 18 heavy (non-hydrogen) atoms. The molecule has 6 heteroatoms. The van der Waals surface area contributed by atoms with Crippen molar-refractivity contribution in [2.24, 2.45) is 5.73 Å². The van der Waals surface area contributed by atoms with Gasteiger partial charge in [0.2, 0.25) is 11.8 Å². The first-order valence-electron chi connectivity index (χ1n) is 6.46. The van der Waals surface area contributed by atoms with Crippen molar-refractivity contribution < 1.29 is 9.59 Å². The normalized spacial score (nSPS) is 16.7. The van der Waals surface area contributed by atoms with Crippen LogP contribution in [0.5, 0.6) is 0 Å². The Bertz CT molecular complexity index is 288. The lowest BCUT2D eigenvalue weighted by atomic mass is 10.3. The summed E-state index contributed by atoms with van der Waals surface area (Å²) in [5.74, 6) is 0.237. The molecule has 1 fully saturated rings. The second kappa shape index (κ2) is 7.33. The summed E-state index contributed by atoms with van der Waals surface area (Å²) >= 11 is 0. The lowest BCUT2D eigenvalue weighted by molar-refractivity contribution is -0.133. The smallest absolute Gasteiger partial charge is 0.236 e. The van der Waals surface area contributed by atoms with Crippen LogP contribution < -0.4 is 5.73 Å². The van der Waals surface area contributed by atoms with Crippen molar-refractivity contribution in [2.45, 2.75) is 13.3 Å². The lowest BCUT2D eigenvalue weighted by Gasteiger charge is -2.34. The summed E-state index contributed by atoms with van der Waals surface area (Å²) in [6, 6.07) is 0. The van der Waals surface area contributed by atoms with Crippen LogP contribution in [0.25, 0.3) is 0 Å². The summed E-state index contributed by atoms with van der Waals surface area (Å²) in [5, 5.41) is 0. The fraction of sp³-hybridized carbons (Fsp3) is 0.833. The molecule has 0 atom stereocenters. The van der Waals surface area contributed by atoms with Gasteiger partial charge in [0.25, 0.3) is 0 Å². The molecule has 0 aromatic rings. The number of nitrogens with zero attached hydrogens (tertiary/aromatic N) is 3. The van der Waals surface area contributed by atoms with E-state index in [4.69, 9.17) is 5.73 Å². The van der Waals surface area contributed by atoms with Crippen LogP contribution >= 0.6 is 0 Å². The Morgan fingerprint density at radius 1 is 1.22 bits per heavy atom. The van der Waals surface area contributed by atoms with E-state index in [0.717, 1.165) is 32.6 Å². The van der Waals surface area contributed by atoms with Crippen molar-refractivity contribution in [1.82, 2.24) is 14.7 Å². The standard InChI is InChI=1S/C12H24N4O2/c1-11(17)16-8-6-15(7-9-16)10-12(18)14(2)5-3-4-13/h3-10,13H2,1-2H3. The second-order valence-corrected chi connectivity index (χ2v) is 4.74.